The molecule has 4 N–H and O–H groups in total. The maximum atomic E-state index is 12.9. The molecule has 2 aliphatic rings. The van der Waals surface area contributed by atoms with Crippen LogP contribution in [0.5, 0.6) is 0 Å². The van der Waals surface area contributed by atoms with Crippen molar-refractivity contribution in [1.82, 2.24) is 14.9 Å². The Morgan fingerprint density at radius 2 is 1.91 bits per heavy atom. The van der Waals surface area contributed by atoms with Gasteiger partial charge in [-0.3, -0.25) is 15.6 Å². The Morgan fingerprint density at radius 3 is 2.66 bits per heavy atom. The molecule has 0 saturated heterocycles. The van der Waals surface area contributed by atoms with Gasteiger partial charge in [-0.2, -0.15) is 0 Å². The lowest BCUT2D eigenvalue weighted by Crippen LogP contribution is -2.43. The van der Waals surface area contributed by atoms with Crippen molar-refractivity contribution < 1.29 is 9.53 Å². The van der Waals surface area contributed by atoms with Gasteiger partial charge < -0.3 is 19.9 Å². The number of fused-ring (bicyclic) bond motifs is 1. The molecular weight excluding hydrogens is 442 g/mol. The molecule has 2 unspecified atom stereocenters. The molecule has 0 radical (unpaired) electrons. The van der Waals surface area contributed by atoms with Gasteiger partial charge in [0, 0.05) is 29.1 Å². The highest BCUT2D eigenvalue weighted by molar-refractivity contribution is 6.19. The Bertz CT molecular complexity index is 1360. The standard InChI is InChI=1S/C26H23N7O2/c27-23(18-10-12-19(13-11-18)33-15-14-29-16-33)35-26(28)32-24-25(34)30-21-9-5-4-8-20(21)22(31-24)17-6-2-1-3-7-17/h1-12,14-16,19,24,27H,13H2,(H2,28,32)(H,30,34). The molecule has 174 valence electrons. The van der Waals surface area contributed by atoms with Crippen molar-refractivity contribution >= 4 is 29.2 Å². The number of rotatable bonds is 4. The van der Waals surface area contributed by atoms with E-state index in [1.54, 1.807) is 18.6 Å². The maximum absolute atomic E-state index is 12.9. The van der Waals surface area contributed by atoms with E-state index in [0.717, 1.165) is 11.1 Å². The first-order valence-electron chi connectivity index (χ1n) is 11.1. The summed E-state index contributed by atoms with van der Waals surface area (Å²) in [5.74, 6) is -0.615. The van der Waals surface area contributed by atoms with Gasteiger partial charge in [-0.25, -0.2) is 9.98 Å². The molecule has 0 fully saturated rings. The van der Waals surface area contributed by atoms with Crippen molar-refractivity contribution in [2.45, 2.75) is 18.6 Å². The van der Waals surface area contributed by atoms with E-state index >= 15 is 0 Å². The van der Waals surface area contributed by atoms with Crippen molar-refractivity contribution in [1.29, 1.82) is 10.8 Å². The van der Waals surface area contributed by atoms with Crippen LogP contribution < -0.4 is 10.6 Å². The number of nitrogens with zero attached hydrogens (tertiary/aromatic N) is 3. The fourth-order valence-corrected chi connectivity index (χ4v) is 3.96. The minimum absolute atomic E-state index is 0.119. The smallest absolute Gasteiger partial charge is 0.290 e. The fraction of sp³-hybridized carbons (Fsp3) is 0.115. The van der Waals surface area contributed by atoms with Gasteiger partial charge in [-0.1, -0.05) is 66.8 Å². The number of nitrogens with one attached hydrogen (secondary N) is 4. The molecule has 0 spiro atoms. The average Bonchev–Trinajstić information content (AvgIpc) is 3.38. The van der Waals surface area contributed by atoms with E-state index in [2.05, 4.69) is 20.6 Å². The first kappa shape index (κ1) is 22.0. The second kappa shape index (κ2) is 9.60. The van der Waals surface area contributed by atoms with Crippen LogP contribution >= 0.6 is 0 Å². The van der Waals surface area contributed by atoms with Gasteiger partial charge in [0.1, 0.15) is 0 Å². The Labute approximate surface area is 201 Å². The van der Waals surface area contributed by atoms with Gasteiger partial charge in [-0.05, 0) is 12.5 Å². The van der Waals surface area contributed by atoms with Gasteiger partial charge in [0.15, 0.2) is 0 Å². The molecule has 0 bridgehead atoms. The molecule has 2 aromatic carbocycles. The number of aromatic nitrogens is 2. The SMILES string of the molecule is N=C(NC1N=C(c2ccccc2)c2ccccc2NC1=O)OC(=N)C1=CCC(n2ccnc2)C=C1. The zero-order chi connectivity index (χ0) is 24.2. The van der Waals surface area contributed by atoms with Crippen molar-refractivity contribution in [2.75, 3.05) is 5.32 Å². The number of imidazole rings is 1. The maximum Gasteiger partial charge on any atom is 0.290 e. The molecular formula is C26H23N7O2. The lowest BCUT2D eigenvalue weighted by molar-refractivity contribution is -0.117. The number of carbonyl (C=O) groups excluding carboxylic acids is 1. The van der Waals surface area contributed by atoms with Gasteiger partial charge >= 0.3 is 0 Å². The van der Waals surface area contributed by atoms with Crippen LogP contribution in [-0.4, -0.2) is 39.3 Å². The molecule has 3 aromatic rings. The van der Waals surface area contributed by atoms with Crippen LogP contribution in [0.2, 0.25) is 0 Å². The van der Waals surface area contributed by atoms with Crippen LogP contribution in [0.15, 0.2) is 102 Å². The molecule has 2 atom stereocenters. The Balaban J connectivity index is 1.30. The summed E-state index contributed by atoms with van der Waals surface area (Å²) in [6.07, 6.45) is 10.5. The summed E-state index contributed by atoms with van der Waals surface area (Å²) in [4.78, 5) is 21.6. The summed E-state index contributed by atoms with van der Waals surface area (Å²) in [5.41, 5.74) is 3.42. The normalized spacial score (nSPS) is 18.9. The van der Waals surface area contributed by atoms with E-state index in [1.807, 2.05) is 77.5 Å². The highest BCUT2D eigenvalue weighted by atomic mass is 16.5. The van der Waals surface area contributed by atoms with E-state index in [9.17, 15) is 4.79 Å². The topological polar surface area (TPSA) is 128 Å². The van der Waals surface area contributed by atoms with E-state index in [1.165, 1.54) is 0 Å². The molecule has 9 heteroatoms. The highest BCUT2D eigenvalue weighted by Crippen LogP contribution is 2.24. The molecule has 35 heavy (non-hydrogen) atoms. The predicted molar refractivity (Wildman–Crippen MR) is 134 cm³/mol. The predicted octanol–water partition coefficient (Wildman–Crippen LogP) is 3.64. The summed E-state index contributed by atoms with van der Waals surface area (Å²) in [6.45, 7) is 0. The summed E-state index contributed by atoms with van der Waals surface area (Å²) in [6, 6.07) is 16.6. The summed E-state index contributed by atoms with van der Waals surface area (Å²) < 4.78 is 7.37. The van der Waals surface area contributed by atoms with E-state index in [0.29, 0.717) is 23.4 Å². The van der Waals surface area contributed by atoms with Crippen LogP contribution in [0.1, 0.15) is 23.6 Å². The molecule has 5 rings (SSSR count). The molecule has 2 heterocycles. The Morgan fingerprint density at radius 1 is 1.11 bits per heavy atom. The zero-order valence-corrected chi connectivity index (χ0v) is 18.7. The van der Waals surface area contributed by atoms with Gasteiger partial charge in [0.05, 0.1) is 23.8 Å². The minimum Gasteiger partial charge on any atom is -0.407 e. The summed E-state index contributed by atoms with van der Waals surface area (Å²) in [7, 11) is 0. The monoisotopic (exact) mass is 465 g/mol. The molecule has 1 aromatic heterocycles. The van der Waals surface area contributed by atoms with E-state index in [-0.39, 0.29) is 11.9 Å². The number of para-hydroxylation sites is 1. The van der Waals surface area contributed by atoms with Gasteiger partial charge in [0.2, 0.25) is 12.1 Å². The zero-order valence-electron chi connectivity index (χ0n) is 18.7. The number of aliphatic imine (C=N–C) groups is 1. The third-order valence-electron chi connectivity index (χ3n) is 5.71. The Hall–Kier alpha value is -4.79. The number of benzene rings is 2. The third kappa shape index (κ3) is 4.79. The molecule has 1 aliphatic heterocycles. The highest BCUT2D eigenvalue weighted by Gasteiger charge is 2.27. The number of amides is 1. The lowest BCUT2D eigenvalue weighted by Gasteiger charge is -2.19. The number of benzodiazepines with no additional fused rings is 1. The summed E-state index contributed by atoms with van der Waals surface area (Å²) >= 11 is 0. The Kier molecular flexibility index (Phi) is 6.04. The third-order valence-corrected chi connectivity index (χ3v) is 5.71. The van der Waals surface area contributed by atoms with E-state index < -0.39 is 18.1 Å². The number of anilines is 1. The number of hydrogen-bond acceptors (Lipinski definition) is 6. The van der Waals surface area contributed by atoms with Gasteiger partial charge in [-0.15, -0.1) is 0 Å². The van der Waals surface area contributed by atoms with Crippen LogP contribution in [0.4, 0.5) is 5.69 Å². The van der Waals surface area contributed by atoms with Gasteiger partial charge in [0.25, 0.3) is 11.9 Å². The van der Waals surface area contributed by atoms with Crippen molar-refractivity contribution in [3.05, 3.63) is 108 Å². The van der Waals surface area contributed by atoms with Crippen molar-refractivity contribution in [3.8, 4) is 0 Å². The van der Waals surface area contributed by atoms with Crippen molar-refractivity contribution in [3.63, 3.8) is 0 Å². The number of hydrogen-bond donors (Lipinski definition) is 4. The van der Waals surface area contributed by atoms with Crippen LogP contribution in [0.25, 0.3) is 0 Å². The summed E-state index contributed by atoms with van der Waals surface area (Å²) in [5, 5.41) is 22.1. The van der Waals surface area contributed by atoms with E-state index in [4.69, 9.17) is 15.6 Å². The number of allylic oxidation sites excluding steroid dienone is 2. The second-order valence-corrected chi connectivity index (χ2v) is 8.02. The minimum atomic E-state index is -1.11. The first-order chi connectivity index (χ1) is 17.1. The lowest BCUT2D eigenvalue weighted by atomic mass is 10.0. The molecule has 0 saturated carbocycles. The number of amidine groups is 1. The van der Waals surface area contributed by atoms with Crippen LogP contribution in [0, 0.1) is 10.8 Å². The number of carbonyl (C=O) groups is 1. The molecule has 1 amide bonds. The average molecular weight is 466 g/mol. The molecule has 9 nitrogen and oxygen atoms in total. The largest absolute Gasteiger partial charge is 0.407 e. The molecule has 1 aliphatic carbocycles. The van der Waals surface area contributed by atoms with Crippen LogP contribution in [-0.2, 0) is 9.53 Å². The first-order valence-corrected chi connectivity index (χ1v) is 11.1. The number of ether oxygens (including phenoxy) is 1. The van der Waals surface area contributed by atoms with Crippen LogP contribution in [0.3, 0.4) is 0 Å². The quantitative estimate of drug-likeness (QED) is 0.346. The fourth-order valence-electron chi connectivity index (χ4n) is 3.96. The second-order valence-electron chi connectivity index (χ2n) is 8.02. The van der Waals surface area contributed by atoms with Crippen molar-refractivity contribution in [2.24, 2.45) is 4.99 Å².